The Hall–Kier alpha value is -2.24. The molecule has 1 amide bonds. The molecule has 0 aliphatic rings. The summed E-state index contributed by atoms with van der Waals surface area (Å²) in [6, 6.07) is 4.89. The summed E-state index contributed by atoms with van der Waals surface area (Å²) < 4.78 is 10.2. The van der Waals surface area contributed by atoms with E-state index in [1.807, 2.05) is 0 Å². The van der Waals surface area contributed by atoms with Gasteiger partial charge in [0.25, 0.3) is 0 Å². The molecule has 110 valence electrons. The number of benzene rings is 1. The van der Waals surface area contributed by atoms with Gasteiger partial charge in [-0.3, -0.25) is 4.79 Å². The van der Waals surface area contributed by atoms with Gasteiger partial charge in [0.15, 0.2) is 5.75 Å². The molecule has 1 aromatic carbocycles. The number of amides is 1. The van der Waals surface area contributed by atoms with Crippen molar-refractivity contribution in [2.45, 2.75) is 12.8 Å². The number of carbonyl (C=O) groups excluding carboxylic acids is 2. The summed E-state index contributed by atoms with van der Waals surface area (Å²) in [5, 5.41) is 0. The number of hydrogen-bond acceptors (Lipinski definition) is 5. The van der Waals surface area contributed by atoms with Crippen molar-refractivity contribution in [3.63, 3.8) is 0 Å². The third-order valence-corrected chi connectivity index (χ3v) is 2.74. The second kappa shape index (κ2) is 7.37. The molecule has 0 fully saturated rings. The maximum absolute atomic E-state index is 11.9. The Morgan fingerprint density at radius 1 is 1.30 bits per heavy atom. The van der Waals surface area contributed by atoms with Crippen molar-refractivity contribution in [3.05, 3.63) is 23.8 Å². The Morgan fingerprint density at radius 2 is 2.00 bits per heavy atom. The van der Waals surface area contributed by atoms with Gasteiger partial charge in [-0.05, 0) is 18.6 Å². The van der Waals surface area contributed by atoms with E-state index in [4.69, 9.17) is 15.2 Å². The van der Waals surface area contributed by atoms with Crippen LogP contribution in [0.1, 0.15) is 23.2 Å². The van der Waals surface area contributed by atoms with E-state index in [-0.39, 0.29) is 18.1 Å². The molecule has 0 aliphatic carbocycles. The lowest BCUT2D eigenvalue weighted by molar-refractivity contribution is -0.128. The van der Waals surface area contributed by atoms with Crippen LogP contribution in [0.4, 0.5) is 5.69 Å². The van der Waals surface area contributed by atoms with Crippen LogP contribution in [0.3, 0.4) is 0 Å². The van der Waals surface area contributed by atoms with E-state index in [1.54, 1.807) is 32.3 Å². The highest BCUT2D eigenvalue weighted by Gasteiger charge is 2.15. The number of hydrogen-bond donors (Lipinski definition) is 1. The largest absolute Gasteiger partial charge is 0.494 e. The molecule has 0 heterocycles. The van der Waals surface area contributed by atoms with Gasteiger partial charge in [0, 0.05) is 20.5 Å². The molecule has 0 spiro atoms. The molecule has 1 rings (SSSR count). The molecular formula is C14H20N2O4. The molecule has 0 aromatic heterocycles. The van der Waals surface area contributed by atoms with E-state index >= 15 is 0 Å². The van der Waals surface area contributed by atoms with Crippen LogP contribution in [-0.2, 0) is 9.53 Å². The molecule has 1 aromatic rings. The van der Waals surface area contributed by atoms with Crippen LogP contribution in [0.5, 0.6) is 5.75 Å². The second-order valence-electron chi connectivity index (χ2n) is 4.46. The van der Waals surface area contributed by atoms with Crippen molar-refractivity contribution in [1.29, 1.82) is 0 Å². The summed E-state index contributed by atoms with van der Waals surface area (Å²) in [6.45, 7) is 0.177. The highest BCUT2D eigenvalue weighted by Crippen LogP contribution is 2.26. The predicted octanol–water partition coefficient (Wildman–Crippen LogP) is 1.30. The summed E-state index contributed by atoms with van der Waals surface area (Å²) in [5.74, 6) is -0.198. The molecular weight excluding hydrogens is 260 g/mol. The third kappa shape index (κ3) is 4.15. The molecule has 0 unspecified atom stereocenters. The first-order valence-corrected chi connectivity index (χ1v) is 6.27. The first kappa shape index (κ1) is 15.8. The van der Waals surface area contributed by atoms with Gasteiger partial charge in [-0.2, -0.15) is 0 Å². The fourth-order valence-corrected chi connectivity index (χ4v) is 1.63. The van der Waals surface area contributed by atoms with Gasteiger partial charge < -0.3 is 20.1 Å². The van der Waals surface area contributed by atoms with Crippen LogP contribution < -0.4 is 10.5 Å². The maximum Gasteiger partial charge on any atom is 0.342 e. The van der Waals surface area contributed by atoms with E-state index in [2.05, 4.69) is 0 Å². The van der Waals surface area contributed by atoms with Crippen LogP contribution in [0, 0.1) is 0 Å². The van der Waals surface area contributed by atoms with Gasteiger partial charge in [-0.1, -0.05) is 6.07 Å². The van der Waals surface area contributed by atoms with Crippen LogP contribution in [0.2, 0.25) is 0 Å². The van der Waals surface area contributed by atoms with Gasteiger partial charge >= 0.3 is 5.97 Å². The van der Waals surface area contributed by atoms with Gasteiger partial charge in [-0.25, -0.2) is 4.79 Å². The Labute approximate surface area is 118 Å². The van der Waals surface area contributed by atoms with E-state index < -0.39 is 5.97 Å². The smallest absolute Gasteiger partial charge is 0.342 e. The van der Waals surface area contributed by atoms with E-state index in [0.29, 0.717) is 24.3 Å². The summed E-state index contributed by atoms with van der Waals surface area (Å²) in [5.41, 5.74) is 6.38. The van der Waals surface area contributed by atoms with Crippen molar-refractivity contribution in [3.8, 4) is 5.75 Å². The second-order valence-corrected chi connectivity index (χ2v) is 4.46. The van der Waals surface area contributed by atoms with Crippen molar-refractivity contribution >= 4 is 17.6 Å². The molecule has 6 nitrogen and oxygen atoms in total. The number of anilines is 1. The minimum atomic E-state index is -0.508. The van der Waals surface area contributed by atoms with Crippen molar-refractivity contribution in [2.24, 2.45) is 0 Å². The Balaban J connectivity index is 2.52. The normalized spacial score (nSPS) is 9.95. The number of para-hydroxylation sites is 1. The SMILES string of the molecule is COc1c(N)cccc1C(=O)OCCCC(=O)N(C)C. The minimum Gasteiger partial charge on any atom is -0.494 e. The van der Waals surface area contributed by atoms with Crippen LogP contribution in [-0.4, -0.2) is 44.6 Å². The average molecular weight is 280 g/mol. The van der Waals surface area contributed by atoms with Crippen LogP contribution in [0.15, 0.2) is 18.2 Å². The Morgan fingerprint density at radius 3 is 2.60 bits per heavy atom. The van der Waals surface area contributed by atoms with Crippen molar-refractivity contribution in [2.75, 3.05) is 33.5 Å². The fourth-order valence-electron chi connectivity index (χ4n) is 1.63. The number of esters is 1. The lowest BCUT2D eigenvalue weighted by Crippen LogP contribution is -2.21. The number of nitrogens with zero attached hydrogens (tertiary/aromatic N) is 1. The van der Waals surface area contributed by atoms with Gasteiger partial charge in [0.05, 0.1) is 19.4 Å². The van der Waals surface area contributed by atoms with Gasteiger partial charge in [-0.15, -0.1) is 0 Å². The molecule has 0 atom stereocenters. The number of rotatable bonds is 6. The number of ether oxygens (including phenoxy) is 2. The molecule has 0 radical (unpaired) electrons. The highest BCUT2D eigenvalue weighted by atomic mass is 16.5. The lowest BCUT2D eigenvalue weighted by Gasteiger charge is -2.11. The Kier molecular flexibility index (Phi) is 5.83. The molecule has 0 bridgehead atoms. The summed E-state index contributed by atoms with van der Waals surface area (Å²) in [6.07, 6.45) is 0.821. The molecule has 6 heteroatoms. The first-order valence-electron chi connectivity index (χ1n) is 6.27. The Bertz CT molecular complexity index is 486. The topological polar surface area (TPSA) is 81.9 Å². The standard InChI is InChI=1S/C14H20N2O4/c1-16(2)12(17)8-5-9-20-14(18)10-6-4-7-11(15)13(10)19-3/h4,6-7H,5,8-9,15H2,1-3H3. The zero-order valence-corrected chi connectivity index (χ0v) is 12.0. The number of nitrogens with two attached hydrogens (primary N) is 1. The monoisotopic (exact) mass is 280 g/mol. The lowest BCUT2D eigenvalue weighted by atomic mass is 10.2. The minimum absolute atomic E-state index is 0.00239. The average Bonchev–Trinajstić information content (AvgIpc) is 2.42. The van der Waals surface area contributed by atoms with Crippen molar-refractivity contribution in [1.82, 2.24) is 4.90 Å². The van der Waals surface area contributed by atoms with Gasteiger partial charge in [0.2, 0.25) is 5.91 Å². The quantitative estimate of drug-likeness (QED) is 0.482. The van der Waals surface area contributed by atoms with Crippen molar-refractivity contribution < 1.29 is 19.1 Å². The highest BCUT2D eigenvalue weighted by molar-refractivity contribution is 5.94. The summed E-state index contributed by atoms with van der Waals surface area (Å²) in [7, 11) is 4.82. The number of carbonyl (C=O) groups is 2. The summed E-state index contributed by atoms with van der Waals surface area (Å²) in [4.78, 5) is 24.8. The maximum atomic E-state index is 11.9. The van der Waals surface area contributed by atoms with Crippen LogP contribution in [0.25, 0.3) is 0 Å². The van der Waals surface area contributed by atoms with Crippen LogP contribution >= 0.6 is 0 Å². The molecule has 0 saturated carbocycles. The number of nitrogen functional groups attached to an aromatic ring is 1. The number of methoxy groups -OCH3 is 1. The van der Waals surface area contributed by atoms with E-state index in [0.717, 1.165) is 0 Å². The first-order chi connectivity index (χ1) is 9.47. The zero-order chi connectivity index (χ0) is 15.1. The predicted molar refractivity (Wildman–Crippen MR) is 75.6 cm³/mol. The summed E-state index contributed by atoms with van der Waals surface area (Å²) >= 11 is 0. The third-order valence-electron chi connectivity index (χ3n) is 2.74. The molecule has 2 N–H and O–H groups in total. The van der Waals surface area contributed by atoms with Gasteiger partial charge in [0.1, 0.15) is 5.56 Å². The molecule has 0 saturated heterocycles. The zero-order valence-electron chi connectivity index (χ0n) is 12.0. The molecule has 0 aliphatic heterocycles. The fraction of sp³-hybridized carbons (Fsp3) is 0.429. The molecule has 20 heavy (non-hydrogen) atoms. The van der Waals surface area contributed by atoms with E-state index in [1.165, 1.54) is 12.0 Å². The van der Waals surface area contributed by atoms with E-state index in [9.17, 15) is 9.59 Å².